The predicted molar refractivity (Wildman–Crippen MR) is 100 cm³/mol. The Morgan fingerprint density at radius 1 is 1.23 bits per heavy atom. The summed E-state index contributed by atoms with van der Waals surface area (Å²) in [6.45, 7) is 8.46. The van der Waals surface area contributed by atoms with Crippen molar-refractivity contribution in [3.8, 4) is 5.88 Å². The maximum absolute atomic E-state index is 12.0. The van der Waals surface area contributed by atoms with Gasteiger partial charge in [-0.2, -0.15) is 0 Å². The quantitative estimate of drug-likeness (QED) is 0.695. The van der Waals surface area contributed by atoms with Gasteiger partial charge in [-0.1, -0.05) is 0 Å². The fourth-order valence-electron chi connectivity index (χ4n) is 2.58. The third-order valence-corrected chi connectivity index (χ3v) is 5.78. The van der Waals surface area contributed by atoms with Gasteiger partial charge in [0.25, 0.3) is 0 Å². The molecule has 0 aromatic carbocycles. The lowest BCUT2D eigenvalue weighted by atomic mass is 9.77. The van der Waals surface area contributed by atoms with Crippen molar-refractivity contribution >= 4 is 22.6 Å². The number of pyridine rings is 1. The molecule has 1 saturated heterocycles. The average molecular weight is 385 g/mol. The van der Waals surface area contributed by atoms with Crippen LogP contribution < -0.4 is 15.3 Å². The standard InChI is InChI=1S/C16H28BN3O5S/c1-15(2)16(3,4)25-17(24-15)11-10-13(26(18,21)22)14(23-7)19-12(11)8-9-20(5)6/h10H,8-9H2,1-7H3,(H2,18,21,22). The number of nitrogens with zero attached hydrogens (tertiary/aromatic N) is 2. The number of hydrogen-bond acceptors (Lipinski definition) is 7. The van der Waals surface area contributed by atoms with Crippen molar-refractivity contribution < 1.29 is 22.5 Å². The molecule has 1 fully saturated rings. The molecule has 0 atom stereocenters. The first-order valence-electron chi connectivity index (χ1n) is 8.39. The molecule has 0 amide bonds. The first-order chi connectivity index (χ1) is 11.8. The molecule has 2 rings (SSSR count). The summed E-state index contributed by atoms with van der Waals surface area (Å²) in [4.78, 5) is 6.23. The monoisotopic (exact) mass is 385 g/mol. The van der Waals surface area contributed by atoms with E-state index in [0.29, 0.717) is 17.6 Å². The Morgan fingerprint density at radius 3 is 2.19 bits per heavy atom. The molecule has 8 nitrogen and oxygen atoms in total. The number of sulfonamides is 1. The second-order valence-electron chi connectivity index (χ2n) is 7.72. The van der Waals surface area contributed by atoms with Gasteiger partial charge in [0.15, 0.2) is 0 Å². The van der Waals surface area contributed by atoms with E-state index < -0.39 is 28.3 Å². The predicted octanol–water partition coefficient (Wildman–Crippen LogP) is 0.141. The van der Waals surface area contributed by atoms with Crippen LogP contribution in [0.1, 0.15) is 33.4 Å². The van der Waals surface area contributed by atoms with Gasteiger partial charge in [0.05, 0.1) is 18.3 Å². The highest BCUT2D eigenvalue weighted by atomic mass is 32.2. The molecule has 26 heavy (non-hydrogen) atoms. The van der Waals surface area contributed by atoms with E-state index >= 15 is 0 Å². The summed E-state index contributed by atoms with van der Waals surface area (Å²) in [5.74, 6) is -0.0264. The highest BCUT2D eigenvalue weighted by molar-refractivity contribution is 7.89. The Labute approximate surface area is 156 Å². The van der Waals surface area contributed by atoms with Gasteiger partial charge in [-0.3, -0.25) is 0 Å². The van der Waals surface area contributed by atoms with E-state index in [4.69, 9.17) is 19.2 Å². The van der Waals surface area contributed by atoms with E-state index in [2.05, 4.69) is 4.98 Å². The Balaban J connectivity index is 2.58. The van der Waals surface area contributed by atoms with Crippen LogP contribution >= 0.6 is 0 Å². The molecule has 2 N–H and O–H groups in total. The number of ether oxygens (including phenoxy) is 1. The third-order valence-electron chi connectivity index (χ3n) is 4.87. The van der Waals surface area contributed by atoms with Gasteiger partial charge in [-0.25, -0.2) is 18.5 Å². The lowest BCUT2D eigenvalue weighted by Crippen LogP contribution is -2.41. The zero-order valence-electron chi connectivity index (χ0n) is 16.5. The highest BCUT2D eigenvalue weighted by Gasteiger charge is 2.52. The first kappa shape index (κ1) is 21.1. The highest BCUT2D eigenvalue weighted by Crippen LogP contribution is 2.37. The molecule has 1 aliphatic heterocycles. The Morgan fingerprint density at radius 2 is 1.77 bits per heavy atom. The Hall–Kier alpha value is -1.20. The normalized spacial score (nSPS) is 19.2. The molecule has 1 aromatic rings. The number of aromatic nitrogens is 1. The second kappa shape index (κ2) is 7.08. The van der Waals surface area contributed by atoms with Crippen LogP contribution in [0.15, 0.2) is 11.0 Å². The molecule has 0 spiro atoms. The van der Waals surface area contributed by atoms with Crippen LogP contribution in [0.5, 0.6) is 5.88 Å². The van der Waals surface area contributed by atoms with Crippen LogP contribution in [0.25, 0.3) is 0 Å². The minimum absolute atomic E-state index is 0.0264. The van der Waals surface area contributed by atoms with E-state index in [1.165, 1.54) is 13.2 Å². The molecule has 146 valence electrons. The minimum atomic E-state index is -4.01. The number of primary sulfonamides is 1. The number of hydrogen-bond donors (Lipinski definition) is 1. The Kier molecular flexibility index (Phi) is 5.75. The molecule has 0 aliphatic carbocycles. The van der Waals surface area contributed by atoms with E-state index in [0.717, 1.165) is 6.54 Å². The molecule has 10 heteroatoms. The lowest BCUT2D eigenvalue weighted by molar-refractivity contribution is 0.00578. The summed E-state index contributed by atoms with van der Waals surface area (Å²) in [6, 6.07) is 1.45. The van der Waals surface area contributed by atoms with Gasteiger partial charge in [0, 0.05) is 24.1 Å². The van der Waals surface area contributed by atoms with Crippen molar-refractivity contribution in [2.75, 3.05) is 27.7 Å². The van der Waals surface area contributed by atoms with Gasteiger partial charge in [0.1, 0.15) is 4.90 Å². The molecule has 2 heterocycles. The maximum Gasteiger partial charge on any atom is 0.496 e. The van der Waals surface area contributed by atoms with Crippen molar-refractivity contribution in [1.29, 1.82) is 0 Å². The van der Waals surface area contributed by atoms with Gasteiger partial charge >= 0.3 is 7.12 Å². The van der Waals surface area contributed by atoms with E-state index in [1.54, 1.807) is 0 Å². The number of rotatable bonds is 6. The van der Waals surface area contributed by atoms with Crippen molar-refractivity contribution in [3.05, 3.63) is 11.8 Å². The van der Waals surface area contributed by atoms with E-state index in [-0.39, 0.29) is 10.8 Å². The number of methoxy groups -OCH3 is 1. The van der Waals surface area contributed by atoms with Crippen LogP contribution in [-0.2, 0) is 25.8 Å². The van der Waals surface area contributed by atoms with Gasteiger partial charge in [-0.05, 0) is 47.9 Å². The van der Waals surface area contributed by atoms with E-state index in [9.17, 15) is 8.42 Å². The third kappa shape index (κ3) is 4.20. The van der Waals surface area contributed by atoms with Crippen LogP contribution in [0, 0.1) is 0 Å². The summed E-state index contributed by atoms with van der Waals surface area (Å²) < 4.78 is 41.3. The molecule has 0 bridgehead atoms. The zero-order chi connectivity index (χ0) is 19.9. The minimum Gasteiger partial charge on any atom is -0.480 e. The SMILES string of the molecule is COc1nc(CCN(C)C)c(B2OC(C)(C)C(C)(C)O2)cc1S(N)(=O)=O. The topological polar surface area (TPSA) is 104 Å². The summed E-state index contributed by atoms with van der Waals surface area (Å²) in [5, 5.41) is 5.34. The van der Waals surface area contributed by atoms with Crippen molar-refractivity contribution in [1.82, 2.24) is 9.88 Å². The fourth-order valence-corrected chi connectivity index (χ4v) is 3.25. The second-order valence-corrected chi connectivity index (χ2v) is 9.25. The van der Waals surface area contributed by atoms with Gasteiger partial charge in [-0.15, -0.1) is 0 Å². The molecular formula is C16H28BN3O5S. The van der Waals surface area contributed by atoms with Crippen LogP contribution in [-0.4, -0.2) is 64.4 Å². The Bertz CT molecular complexity index is 764. The summed E-state index contributed by atoms with van der Waals surface area (Å²) in [7, 11) is 0.508. The summed E-state index contributed by atoms with van der Waals surface area (Å²) in [5.41, 5.74) is 0.0906. The molecule has 0 unspecified atom stereocenters. The molecule has 0 saturated carbocycles. The molecule has 1 aromatic heterocycles. The number of likely N-dealkylation sites (N-methyl/N-ethyl adjacent to an activating group) is 1. The molecule has 0 radical (unpaired) electrons. The van der Waals surface area contributed by atoms with Gasteiger partial charge in [0.2, 0.25) is 15.9 Å². The maximum atomic E-state index is 12.0. The van der Waals surface area contributed by atoms with Crippen molar-refractivity contribution in [2.24, 2.45) is 5.14 Å². The van der Waals surface area contributed by atoms with Gasteiger partial charge < -0.3 is 18.9 Å². The van der Waals surface area contributed by atoms with Crippen LogP contribution in [0.4, 0.5) is 0 Å². The summed E-state index contributed by atoms with van der Waals surface area (Å²) >= 11 is 0. The lowest BCUT2D eigenvalue weighted by Gasteiger charge is -2.32. The van der Waals surface area contributed by atoms with E-state index in [1.807, 2.05) is 46.7 Å². The van der Waals surface area contributed by atoms with Crippen molar-refractivity contribution in [3.63, 3.8) is 0 Å². The zero-order valence-corrected chi connectivity index (χ0v) is 17.3. The molecular weight excluding hydrogens is 357 g/mol. The van der Waals surface area contributed by atoms with Crippen molar-refractivity contribution in [2.45, 2.75) is 50.2 Å². The van der Waals surface area contributed by atoms with Crippen LogP contribution in [0.2, 0.25) is 0 Å². The summed E-state index contributed by atoms with van der Waals surface area (Å²) in [6.07, 6.45) is 0.577. The average Bonchev–Trinajstić information content (AvgIpc) is 2.71. The smallest absolute Gasteiger partial charge is 0.480 e. The molecule has 1 aliphatic rings. The van der Waals surface area contributed by atoms with Crippen LogP contribution in [0.3, 0.4) is 0 Å². The largest absolute Gasteiger partial charge is 0.496 e. The fraction of sp³-hybridized carbons (Fsp3) is 0.688. The first-order valence-corrected chi connectivity index (χ1v) is 9.94. The number of nitrogens with two attached hydrogens (primary N) is 1.